The predicted octanol–water partition coefficient (Wildman–Crippen LogP) is 1.45. The fraction of sp³-hybridized carbons (Fsp3) is 0.312. The van der Waals surface area contributed by atoms with Crippen LogP contribution in [0, 0.1) is 0 Å². The number of carboxylic acids is 1. The summed E-state index contributed by atoms with van der Waals surface area (Å²) in [6, 6.07) is 8.75. The van der Waals surface area contributed by atoms with Crippen LogP contribution in [-0.4, -0.2) is 46.2 Å². The molecular formula is C16H17N3O5. The number of nitrogens with zero attached hydrogens (tertiary/aromatic N) is 2. The molecule has 1 aromatic carbocycles. The highest BCUT2D eigenvalue weighted by atomic mass is 16.5. The minimum Gasteiger partial charge on any atom is -0.478 e. The lowest BCUT2D eigenvalue weighted by molar-refractivity contribution is 0.0696. The van der Waals surface area contributed by atoms with Crippen molar-refractivity contribution in [2.75, 3.05) is 13.2 Å². The second kappa shape index (κ2) is 7.14. The highest BCUT2D eigenvalue weighted by molar-refractivity contribution is 5.86. The van der Waals surface area contributed by atoms with Crippen LogP contribution in [0.5, 0.6) is 0 Å². The van der Waals surface area contributed by atoms with E-state index in [4.69, 9.17) is 14.6 Å². The third-order valence-electron chi connectivity index (χ3n) is 3.75. The molecule has 8 heteroatoms. The zero-order chi connectivity index (χ0) is 16.9. The SMILES string of the molecule is O=C(N[C@H]1COC[C@H]1n1cc(C(=O)O)cn1)OCc1ccccc1. The summed E-state index contributed by atoms with van der Waals surface area (Å²) in [5, 5.41) is 15.7. The van der Waals surface area contributed by atoms with Crippen molar-refractivity contribution >= 4 is 12.1 Å². The van der Waals surface area contributed by atoms with Crippen molar-refractivity contribution in [3.8, 4) is 0 Å². The number of rotatable bonds is 5. The standard InChI is InChI=1S/C16H17N3O5/c20-15(21)12-6-17-19(7-12)14-10-23-9-13(14)18-16(22)24-8-11-4-2-1-3-5-11/h1-7,13-14H,8-10H2,(H,18,22)(H,20,21)/t13-,14+/m0/s1. The van der Waals surface area contributed by atoms with E-state index in [9.17, 15) is 9.59 Å². The lowest BCUT2D eigenvalue weighted by Crippen LogP contribution is -2.41. The number of hydrogen-bond donors (Lipinski definition) is 2. The molecule has 2 aromatic rings. The Kier molecular flexibility index (Phi) is 4.76. The number of aromatic nitrogens is 2. The number of ether oxygens (including phenoxy) is 2. The Labute approximate surface area is 138 Å². The van der Waals surface area contributed by atoms with Gasteiger partial charge in [0.2, 0.25) is 0 Å². The lowest BCUT2D eigenvalue weighted by atomic mass is 10.2. The molecule has 1 aromatic heterocycles. The molecule has 24 heavy (non-hydrogen) atoms. The molecule has 1 saturated heterocycles. The fourth-order valence-corrected chi connectivity index (χ4v) is 2.49. The summed E-state index contributed by atoms with van der Waals surface area (Å²) in [7, 11) is 0. The zero-order valence-corrected chi connectivity index (χ0v) is 12.8. The smallest absolute Gasteiger partial charge is 0.407 e. The maximum atomic E-state index is 11.9. The second-order valence-electron chi connectivity index (χ2n) is 5.43. The first kappa shape index (κ1) is 16.0. The minimum absolute atomic E-state index is 0.0901. The first-order chi connectivity index (χ1) is 11.6. The second-order valence-corrected chi connectivity index (χ2v) is 5.43. The van der Waals surface area contributed by atoms with Crippen molar-refractivity contribution in [2.24, 2.45) is 0 Å². The predicted molar refractivity (Wildman–Crippen MR) is 82.6 cm³/mol. The third-order valence-corrected chi connectivity index (χ3v) is 3.75. The van der Waals surface area contributed by atoms with Crippen molar-refractivity contribution in [3.05, 3.63) is 53.9 Å². The lowest BCUT2D eigenvalue weighted by Gasteiger charge is -2.19. The van der Waals surface area contributed by atoms with E-state index < -0.39 is 12.1 Å². The number of alkyl carbamates (subject to hydrolysis) is 1. The van der Waals surface area contributed by atoms with E-state index >= 15 is 0 Å². The molecule has 1 fully saturated rings. The van der Waals surface area contributed by atoms with Gasteiger partial charge < -0.3 is 19.9 Å². The summed E-state index contributed by atoms with van der Waals surface area (Å²) in [4.78, 5) is 22.9. The van der Waals surface area contributed by atoms with Gasteiger partial charge in [-0.05, 0) is 5.56 Å². The van der Waals surface area contributed by atoms with Gasteiger partial charge in [-0.25, -0.2) is 9.59 Å². The highest BCUT2D eigenvalue weighted by Gasteiger charge is 2.32. The van der Waals surface area contributed by atoms with Gasteiger partial charge in [0.1, 0.15) is 6.61 Å². The van der Waals surface area contributed by atoms with Crippen molar-refractivity contribution in [3.63, 3.8) is 0 Å². The van der Waals surface area contributed by atoms with Gasteiger partial charge in [-0.1, -0.05) is 30.3 Å². The number of aromatic carboxylic acids is 1. The van der Waals surface area contributed by atoms with Gasteiger partial charge in [-0.15, -0.1) is 0 Å². The quantitative estimate of drug-likeness (QED) is 0.859. The monoisotopic (exact) mass is 331 g/mol. The largest absolute Gasteiger partial charge is 0.478 e. The first-order valence-electron chi connectivity index (χ1n) is 7.46. The van der Waals surface area contributed by atoms with Crippen LogP contribution in [0.15, 0.2) is 42.7 Å². The fourth-order valence-electron chi connectivity index (χ4n) is 2.49. The molecule has 8 nitrogen and oxygen atoms in total. The number of nitrogens with one attached hydrogen (secondary N) is 1. The van der Waals surface area contributed by atoms with Crippen LogP contribution in [0.4, 0.5) is 4.79 Å². The normalized spacial score (nSPS) is 19.8. The molecule has 1 aliphatic rings. The van der Waals surface area contributed by atoms with E-state index in [0.29, 0.717) is 13.2 Å². The molecule has 0 bridgehead atoms. The van der Waals surface area contributed by atoms with E-state index in [0.717, 1.165) is 5.56 Å². The highest BCUT2D eigenvalue weighted by Crippen LogP contribution is 2.19. The average Bonchev–Trinajstić information content (AvgIpc) is 3.22. The summed E-state index contributed by atoms with van der Waals surface area (Å²) >= 11 is 0. The number of carbonyl (C=O) groups is 2. The molecule has 0 unspecified atom stereocenters. The Hall–Kier alpha value is -2.87. The number of benzene rings is 1. The number of carboxylic acid groups (broad SMARTS) is 1. The zero-order valence-electron chi connectivity index (χ0n) is 12.8. The number of carbonyl (C=O) groups excluding carboxylic acids is 1. The molecular weight excluding hydrogens is 314 g/mol. The molecule has 126 valence electrons. The number of hydrogen-bond acceptors (Lipinski definition) is 5. The Morgan fingerprint density at radius 3 is 2.83 bits per heavy atom. The Balaban J connectivity index is 1.57. The van der Waals surface area contributed by atoms with Crippen molar-refractivity contribution in [1.29, 1.82) is 0 Å². The molecule has 1 amide bonds. The van der Waals surface area contributed by atoms with E-state index in [1.165, 1.54) is 17.1 Å². The van der Waals surface area contributed by atoms with Crippen LogP contribution in [0.3, 0.4) is 0 Å². The third kappa shape index (κ3) is 3.72. The first-order valence-corrected chi connectivity index (χ1v) is 7.46. The average molecular weight is 331 g/mol. The van der Waals surface area contributed by atoms with Gasteiger partial charge in [0.05, 0.1) is 37.1 Å². The summed E-state index contributed by atoms with van der Waals surface area (Å²) < 4.78 is 12.1. The van der Waals surface area contributed by atoms with Crippen molar-refractivity contribution in [1.82, 2.24) is 15.1 Å². The summed E-state index contributed by atoms with van der Waals surface area (Å²) in [5.74, 6) is -1.05. The van der Waals surface area contributed by atoms with E-state index in [-0.39, 0.29) is 24.3 Å². The van der Waals surface area contributed by atoms with Crippen molar-refractivity contribution in [2.45, 2.75) is 18.7 Å². The van der Waals surface area contributed by atoms with E-state index in [1.54, 1.807) is 0 Å². The van der Waals surface area contributed by atoms with Gasteiger partial charge in [-0.3, -0.25) is 4.68 Å². The van der Waals surface area contributed by atoms with Gasteiger partial charge in [0, 0.05) is 6.20 Å². The van der Waals surface area contributed by atoms with Crippen LogP contribution in [0.2, 0.25) is 0 Å². The van der Waals surface area contributed by atoms with Crippen LogP contribution >= 0.6 is 0 Å². The number of amides is 1. The summed E-state index contributed by atoms with van der Waals surface area (Å²) in [5.41, 5.74) is 0.984. The Bertz CT molecular complexity index is 716. The van der Waals surface area contributed by atoms with Crippen LogP contribution < -0.4 is 5.32 Å². The Morgan fingerprint density at radius 1 is 1.33 bits per heavy atom. The molecule has 0 radical (unpaired) electrons. The molecule has 1 aliphatic heterocycles. The molecule has 0 spiro atoms. The van der Waals surface area contributed by atoms with Gasteiger partial charge in [-0.2, -0.15) is 5.10 Å². The van der Waals surface area contributed by atoms with Crippen LogP contribution in [0.25, 0.3) is 0 Å². The minimum atomic E-state index is -1.05. The molecule has 0 saturated carbocycles. The van der Waals surface area contributed by atoms with Crippen LogP contribution in [-0.2, 0) is 16.1 Å². The van der Waals surface area contributed by atoms with Gasteiger partial charge in [0.25, 0.3) is 0 Å². The molecule has 3 rings (SSSR count). The summed E-state index contributed by atoms with van der Waals surface area (Å²) in [6.07, 6.45) is 2.14. The maximum Gasteiger partial charge on any atom is 0.407 e. The van der Waals surface area contributed by atoms with E-state index in [1.807, 2.05) is 30.3 Å². The van der Waals surface area contributed by atoms with Gasteiger partial charge >= 0.3 is 12.1 Å². The van der Waals surface area contributed by atoms with Gasteiger partial charge in [0.15, 0.2) is 0 Å². The topological polar surface area (TPSA) is 103 Å². The Morgan fingerprint density at radius 2 is 2.12 bits per heavy atom. The summed E-state index contributed by atoms with van der Waals surface area (Å²) in [6.45, 7) is 0.827. The molecule has 2 N–H and O–H groups in total. The van der Waals surface area contributed by atoms with E-state index in [2.05, 4.69) is 10.4 Å². The molecule has 2 heterocycles. The van der Waals surface area contributed by atoms with Crippen LogP contribution in [0.1, 0.15) is 22.0 Å². The molecule has 0 aliphatic carbocycles. The maximum absolute atomic E-state index is 11.9. The van der Waals surface area contributed by atoms with Crippen molar-refractivity contribution < 1.29 is 24.2 Å². The molecule has 2 atom stereocenters.